The van der Waals surface area contributed by atoms with Crippen molar-refractivity contribution in [3.63, 3.8) is 0 Å². The molecule has 3 N–H and O–H groups in total. The predicted molar refractivity (Wildman–Crippen MR) is 78.6 cm³/mol. The van der Waals surface area contributed by atoms with Crippen LogP contribution in [0, 0.1) is 5.92 Å². The lowest BCUT2D eigenvalue weighted by Gasteiger charge is -2.09. The Morgan fingerprint density at radius 2 is 1.95 bits per heavy atom. The second-order valence-corrected chi connectivity index (χ2v) is 5.16. The van der Waals surface area contributed by atoms with Gasteiger partial charge in [-0.05, 0) is 49.4 Å². The third-order valence-corrected chi connectivity index (χ3v) is 3.15. The third kappa shape index (κ3) is 6.16. The molecular formula is C15H20N2O4. The lowest BCUT2D eigenvalue weighted by atomic mass is 10.3. The normalized spacial score (nSPS) is 13.5. The molecule has 1 fully saturated rings. The highest BCUT2D eigenvalue weighted by atomic mass is 16.5. The molecule has 1 saturated carbocycles. The van der Waals surface area contributed by atoms with Gasteiger partial charge in [-0.25, -0.2) is 4.79 Å². The molecule has 1 aliphatic carbocycles. The number of aliphatic carboxylic acids is 1. The molecule has 2 rings (SSSR count). The molecule has 0 spiro atoms. The Balaban J connectivity index is 1.66. The van der Waals surface area contributed by atoms with Crippen molar-refractivity contribution in [2.24, 2.45) is 5.92 Å². The second kappa shape index (κ2) is 7.52. The molecule has 0 radical (unpaired) electrons. The van der Waals surface area contributed by atoms with Crippen LogP contribution >= 0.6 is 0 Å². The Kier molecular flexibility index (Phi) is 5.43. The minimum atomic E-state index is -0.862. The van der Waals surface area contributed by atoms with Crippen molar-refractivity contribution in [2.45, 2.75) is 25.7 Å². The predicted octanol–water partition coefficient (Wildman–Crippen LogP) is 2.46. The number of carboxylic acid groups (broad SMARTS) is 1. The first-order chi connectivity index (χ1) is 10.1. The molecule has 0 aliphatic heterocycles. The van der Waals surface area contributed by atoms with Gasteiger partial charge in [0.1, 0.15) is 5.75 Å². The van der Waals surface area contributed by atoms with Crippen molar-refractivity contribution in [3.8, 4) is 5.75 Å². The van der Waals surface area contributed by atoms with Crippen molar-refractivity contribution in [2.75, 3.05) is 18.5 Å². The van der Waals surface area contributed by atoms with Crippen LogP contribution in [-0.2, 0) is 4.79 Å². The van der Waals surface area contributed by atoms with Gasteiger partial charge >= 0.3 is 12.0 Å². The van der Waals surface area contributed by atoms with Crippen LogP contribution in [-0.4, -0.2) is 30.3 Å². The molecule has 114 valence electrons. The molecule has 0 bridgehead atoms. The van der Waals surface area contributed by atoms with Crippen molar-refractivity contribution in [3.05, 3.63) is 24.3 Å². The van der Waals surface area contributed by atoms with Crippen molar-refractivity contribution < 1.29 is 19.4 Å². The summed E-state index contributed by atoms with van der Waals surface area (Å²) in [6.07, 6.45) is 2.97. The van der Waals surface area contributed by atoms with Crippen molar-refractivity contribution >= 4 is 17.7 Å². The summed E-state index contributed by atoms with van der Waals surface area (Å²) in [6.45, 7) is 1.09. The van der Waals surface area contributed by atoms with E-state index in [1.165, 1.54) is 12.8 Å². The Morgan fingerprint density at radius 3 is 2.57 bits per heavy atom. The number of carbonyl (C=O) groups excluding carboxylic acids is 1. The van der Waals surface area contributed by atoms with E-state index in [4.69, 9.17) is 9.84 Å². The number of hydrogen-bond acceptors (Lipinski definition) is 3. The highest BCUT2D eigenvalue weighted by Crippen LogP contribution is 2.29. The maximum Gasteiger partial charge on any atom is 0.319 e. The third-order valence-electron chi connectivity index (χ3n) is 3.15. The fraction of sp³-hybridized carbons (Fsp3) is 0.467. The zero-order valence-electron chi connectivity index (χ0n) is 11.8. The summed E-state index contributed by atoms with van der Waals surface area (Å²) in [5.41, 5.74) is 0.671. The van der Waals surface area contributed by atoms with Crippen molar-refractivity contribution in [1.82, 2.24) is 5.32 Å². The first-order valence-electron chi connectivity index (χ1n) is 7.13. The molecule has 1 aromatic carbocycles. The van der Waals surface area contributed by atoms with E-state index in [-0.39, 0.29) is 12.5 Å². The molecule has 1 aliphatic rings. The molecule has 0 atom stereocenters. The largest absolute Gasteiger partial charge is 0.493 e. The lowest BCUT2D eigenvalue weighted by molar-refractivity contribution is -0.137. The number of nitrogens with one attached hydrogen (secondary N) is 2. The summed E-state index contributed by atoms with van der Waals surface area (Å²) in [4.78, 5) is 21.9. The van der Waals surface area contributed by atoms with Gasteiger partial charge < -0.3 is 20.5 Å². The summed E-state index contributed by atoms with van der Waals surface area (Å²) in [6, 6.07) is 6.86. The fourth-order valence-electron chi connectivity index (χ4n) is 1.75. The van der Waals surface area contributed by atoms with Crippen LogP contribution in [0.4, 0.5) is 10.5 Å². The average Bonchev–Trinajstić information content (AvgIpc) is 3.27. The van der Waals surface area contributed by atoms with E-state index in [0.29, 0.717) is 24.6 Å². The fourth-order valence-corrected chi connectivity index (χ4v) is 1.75. The summed E-state index contributed by atoms with van der Waals surface area (Å²) in [5, 5.41) is 13.8. The van der Waals surface area contributed by atoms with Crippen LogP contribution in [0.2, 0.25) is 0 Å². The number of amides is 2. The summed E-state index contributed by atoms with van der Waals surface area (Å²) >= 11 is 0. The smallest absolute Gasteiger partial charge is 0.319 e. The quantitative estimate of drug-likeness (QED) is 0.642. The van der Waals surface area contributed by atoms with Gasteiger partial charge in [0.15, 0.2) is 0 Å². The number of rotatable bonds is 8. The van der Waals surface area contributed by atoms with E-state index in [2.05, 4.69) is 10.6 Å². The Labute approximate surface area is 123 Å². The molecule has 21 heavy (non-hydrogen) atoms. The monoisotopic (exact) mass is 292 g/mol. The van der Waals surface area contributed by atoms with Crippen LogP contribution in [0.15, 0.2) is 24.3 Å². The van der Waals surface area contributed by atoms with Gasteiger partial charge in [-0.15, -0.1) is 0 Å². The molecule has 1 aromatic rings. The zero-order valence-corrected chi connectivity index (χ0v) is 11.8. The average molecular weight is 292 g/mol. The molecule has 0 heterocycles. The number of carboxylic acids is 1. The summed E-state index contributed by atoms with van der Waals surface area (Å²) < 4.78 is 5.61. The topological polar surface area (TPSA) is 87.7 Å². The van der Waals surface area contributed by atoms with E-state index in [1.54, 1.807) is 12.1 Å². The molecule has 6 nitrogen and oxygen atoms in total. The van der Waals surface area contributed by atoms with Gasteiger partial charge in [0.25, 0.3) is 0 Å². The number of hydrogen-bond donors (Lipinski definition) is 3. The Morgan fingerprint density at radius 1 is 1.24 bits per heavy atom. The van der Waals surface area contributed by atoms with E-state index < -0.39 is 5.97 Å². The van der Waals surface area contributed by atoms with E-state index >= 15 is 0 Å². The zero-order chi connectivity index (χ0) is 15.1. The highest BCUT2D eigenvalue weighted by Gasteiger charge is 2.21. The SMILES string of the molecule is O=C(O)CCCNC(=O)Nc1ccc(OCC2CC2)cc1. The standard InChI is InChI=1S/C15H20N2O4/c18-14(19)2-1-9-16-15(20)17-12-5-7-13(8-6-12)21-10-11-3-4-11/h5-8,11H,1-4,9-10H2,(H,18,19)(H2,16,17,20). The molecule has 0 saturated heterocycles. The van der Waals surface area contributed by atoms with Crippen LogP contribution in [0.5, 0.6) is 5.75 Å². The van der Waals surface area contributed by atoms with Crippen LogP contribution in [0.25, 0.3) is 0 Å². The van der Waals surface area contributed by atoms with E-state index in [1.807, 2.05) is 12.1 Å². The number of benzene rings is 1. The van der Waals surface area contributed by atoms with Crippen LogP contribution in [0.3, 0.4) is 0 Å². The summed E-state index contributed by atoms with van der Waals surface area (Å²) in [5.74, 6) is 0.646. The van der Waals surface area contributed by atoms with Gasteiger partial charge in [0.2, 0.25) is 0 Å². The number of ether oxygens (including phenoxy) is 1. The Hall–Kier alpha value is -2.24. The minimum absolute atomic E-state index is 0.0489. The number of carbonyl (C=O) groups is 2. The van der Waals surface area contributed by atoms with E-state index in [0.717, 1.165) is 12.4 Å². The first kappa shape index (κ1) is 15.2. The Bertz CT molecular complexity index is 483. The van der Waals surface area contributed by atoms with Gasteiger partial charge in [-0.1, -0.05) is 0 Å². The van der Waals surface area contributed by atoms with Gasteiger partial charge in [-0.3, -0.25) is 4.79 Å². The molecule has 2 amide bonds. The van der Waals surface area contributed by atoms with Gasteiger partial charge in [0.05, 0.1) is 6.61 Å². The van der Waals surface area contributed by atoms with E-state index in [9.17, 15) is 9.59 Å². The summed E-state index contributed by atoms with van der Waals surface area (Å²) in [7, 11) is 0. The van der Waals surface area contributed by atoms with Crippen molar-refractivity contribution in [1.29, 1.82) is 0 Å². The van der Waals surface area contributed by atoms with Gasteiger partial charge in [0, 0.05) is 18.7 Å². The molecule has 6 heteroatoms. The molecule has 0 unspecified atom stereocenters. The van der Waals surface area contributed by atoms with Crippen LogP contribution < -0.4 is 15.4 Å². The maximum absolute atomic E-state index is 11.6. The van der Waals surface area contributed by atoms with Crippen LogP contribution in [0.1, 0.15) is 25.7 Å². The molecular weight excluding hydrogens is 272 g/mol. The maximum atomic E-state index is 11.6. The second-order valence-electron chi connectivity index (χ2n) is 5.16. The van der Waals surface area contributed by atoms with Gasteiger partial charge in [-0.2, -0.15) is 0 Å². The first-order valence-corrected chi connectivity index (χ1v) is 7.13. The number of urea groups is 1. The highest BCUT2D eigenvalue weighted by molar-refractivity contribution is 5.89. The minimum Gasteiger partial charge on any atom is -0.493 e. The lowest BCUT2D eigenvalue weighted by Crippen LogP contribution is -2.29. The number of anilines is 1. The molecule has 0 aromatic heterocycles.